The molecule has 0 bridgehead atoms. The van der Waals surface area contributed by atoms with E-state index >= 15 is 0 Å². The quantitative estimate of drug-likeness (QED) is 0.400. The number of aromatic nitrogens is 3. The normalized spacial score (nSPS) is 15.6. The summed E-state index contributed by atoms with van der Waals surface area (Å²) in [6.45, 7) is 2.15. The Kier molecular flexibility index (Phi) is 8.80. The number of carbonyl (C=O) groups is 1. The van der Waals surface area contributed by atoms with E-state index in [4.69, 9.17) is 16.3 Å². The van der Waals surface area contributed by atoms with Crippen LogP contribution in [0.2, 0.25) is 5.02 Å². The maximum Gasteiger partial charge on any atom is 0.220 e. The molecule has 1 N–H and O–H groups in total. The first-order valence-corrected chi connectivity index (χ1v) is 12.8. The van der Waals surface area contributed by atoms with Crippen LogP contribution < -0.4 is 5.32 Å². The Hall–Kier alpha value is -2.35. The van der Waals surface area contributed by atoms with Crippen LogP contribution in [-0.4, -0.2) is 39.9 Å². The van der Waals surface area contributed by atoms with Crippen molar-refractivity contribution in [1.29, 1.82) is 0 Å². The summed E-state index contributed by atoms with van der Waals surface area (Å²) in [5, 5.41) is 13.4. The first-order valence-electron chi connectivity index (χ1n) is 11.4. The number of halogens is 1. The van der Waals surface area contributed by atoms with Crippen LogP contribution >= 0.6 is 23.4 Å². The lowest BCUT2D eigenvalue weighted by molar-refractivity contribution is -0.121. The van der Waals surface area contributed by atoms with Crippen LogP contribution in [-0.2, 0) is 34.7 Å². The predicted octanol–water partition coefficient (Wildman–Crippen LogP) is 4.69. The van der Waals surface area contributed by atoms with Gasteiger partial charge in [-0.3, -0.25) is 4.79 Å². The van der Waals surface area contributed by atoms with Crippen LogP contribution in [0.3, 0.4) is 0 Å². The van der Waals surface area contributed by atoms with Crippen molar-refractivity contribution in [2.24, 2.45) is 0 Å². The highest BCUT2D eigenvalue weighted by molar-refractivity contribution is 7.98. The first-order chi connectivity index (χ1) is 16.2. The van der Waals surface area contributed by atoms with Gasteiger partial charge in [-0.2, -0.15) is 0 Å². The van der Waals surface area contributed by atoms with Gasteiger partial charge in [-0.05, 0) is 42.5 Å². The molecule has 2 heterocycles. The second kappa shape index (κ2) is 12.2. The van der Waals surface area contributed by atoms with Crippen molar-refractivity contribution in [3.63, 3.8) is 0 Å². The summed E-state index contributed by atoms with van der Waals surface area (Å²) >= 11 is 7.75. The lowest BCUT2D eigenvalue weighted by Crippen LogP contribution is -2.26. The number of ether oxygens (including phenoxy) is 1. The molecule has 1 amide bonds. The van der Waals surface area contributed by atoms with Gasteiger partial charge in [0.05, 0.1) is 12.6 Å². The van der Waals surface area contributed by atoms with Crippen LogP contribution in [0.5, 0.6) is 0 Å². The lowest BCUT2D eigenvalue weighted by atomic mass is 10.1. The molecule has 174 valence electrons. The van der Waals surface area contributed by atoms with Crippen molar-refractivity contribution in [1.82, 2.24) is 20.1 Å². The second-order valence-electron chi connectivity index (χ2n) is 8.15. The third kappa shape index (κ3) is 7.32. The average Bonchev–Trinajstić information content (AvgIpc) is 3.47. The molecule has 3 aromatic rings. The number of amides is 1. The van der Waals surface area contributed by atoms with Crippen LogP contribution in [0, 0.1) is 0 Å². The first kappa shape index (κ1) is 23.8. The van der Waals surface area contributed by atoms with E-state index in [9.17, 15) is 4.79 Å². The Morgan fingerprint density at radius 3 is 2.76 bits per heavy atom. The van der Waals surface area contributed by atoms with Gasteiger partial charge in [0.2, 0.25) is 5.91 Å². The Bertz CT molecular complexity index is 1040. The molecule has 0 aliphatic carbocycles. The van der Waals surface area contributed by atoms with Gasteiger partial charge >= 0.3 is 0 Å². The average molecular weight is 485 g/mol. The van der Waals surface area contributed by atoms with Crippen molar-refractivity contribution >= 4 is 29.3 Å². The highest BCUT2D eigenvalue weighted by Gasteiger charge is 2.21. The summed E-state index contributed by atoms with van der Waals surface area (Å²) in [5.41, 5.74) is 2.36. The number of rotatable bonds is 11. The minimum atomic E-state index is 0.0331. The molecular formula is C25H29ClN4O2S. The zero-order chi connectivity index (χ0) is 22.9. The summed E-state index contributed by atoms with van der Waals surface area (Å²) in [7, 11) is 0. The fraction of sp³-hybridized carbons (Fsp3) is 0.400. The van der Waals surface area contributed by atoms with Gasteiger partial charge < -0.3 is 14.6 Å². The topological polar surface area (TPSA) is 69.0 Å². The van der Waals surface area contributed by atoms with Crippen LogP contribution in [0.4, 0.5) is 0 Å². The number of carbonyl (C=O) groups excluding carboxylic acids is 1. The number of nitrogens with one attached hydrogen (secondary N) is 1. The van der Waals surface area contributed by atoms with Crippen molar-refractivity contribution in [2.75, 3.05) is 13.2 Å². The molecule has 0 spiro atoms. The molecule has 1 atom stereocenters. The highest BCUT2D eigenvalue weighted by atomic mass is 35.5. The van der Waals surface area contributed by atoms with Crippen molar-refractivity contribution in [2.45, 2.75) is 55.7 Å². The van der Waals surface area contributed by atoms with E-state index in [0.717, 1.165) is 59.7 Å². The predicted molar refractivity (Wildman–Crippen MR) is 131 cm³/mol. The van der Waals surface area contributed by atoms with Gasteiger partial charge in [-0.1, -0.05) is 65.8 Å². The smallest absolute Gasteiger partial charge is 0.220 e. The summed E-state index contributed by atoms with van der Waals surface area (Å²) in [4.78, 5) is 12.4. The molecule has 4 rings (SSSR count). The number of hydrogen-bond donors (Lipinski definition) is 1. The molecule has 1 fully saturated rings. The van der Waals surface area contributed by atoms with Gasteiger partial charge in [0, 0.05) is 36.8 Å². The van der Waals surface area contributed by atoms with E-state index < -0.39 is 0 Å². The van der Waals surface area contributed by atoms with Gasteiger partial charge in [0.1, 0.15) is 5.82 Å². The molecule has 2 aromatic carbocycles. The van der Waals surface area contributed by atoms with E-state index in [0.29, 0.717) is 19.4 Å². The summed E-state index contributed by atoms with van der Waals surface area (Å²) < 4.78 is 7.98. The number of thioether (sulfide) groups is 1. The van der Waals surface area contributed by atoms with Gasteiger partial charge in [0.25, 0.3) is 0 Å². The molecule has 1 aromatic heterocycles. The number of benzene rings is 2. The maximum atomic E-state index is 12.4. The monoisotopic (exact) mass is 484 g/mol. The summed E-state index contributed by atoms with van der Waals surface area (Å²) in [6.07, 6.45) is 4.05. The molecule has 1 aliphatic rings. The zero-order valence-corrected chi connectivity index (χ0v) is 20.2. The van der Waals surface area contributed by atoms with Crippen LogP contribution in [0.15, 0.2) is 59.8 Å². The maximum absolute atomic E-state index is 12.4. The van der Waals surface area contributed by atoms with E-state index in [2.05, 4.69) is 38.3 Å². The molecule has 6 nitrogen and oxygen atoms in total. The standard InChI is InChI=1S/C25H29ClN4O2S/c26-21-9-4-8-20(16-21)18-33-25-29-28-23(30(25)17-22-10-5-15-32-22)11-12-24(31)27-14-13-19-6-2-1-3-7-19/h1-4,6-9,16,22H,5,10-15,17-18H2,(H,27,31). The third-order valence-electron chi connectivity index (χ3n) is 5.61. The zero-order valence-electron chi connectivity index (χ0n) is 18.6. The van der Waals surface area contributed by atoms with Crippen molar-refractivity contribution in [3.8, 4) is 0 Å². The molecular weight excluding hydrogens is 456 g/mol. The summed E-state index contributed by atoms with van der Waals surface area (Å²) in [6, 6.07) is 18.0. The summed E-state index contributed by atoms with van der Waals surface area (Å²) in [5.74, 6) is 1.62. The second-order valence-corrected chi connectivity index (χ2v) is 9.53. The number of aryl methyl sites for hydroxylation is 1. The van der Waals surface area contributed by atoms with E-state index in [1.165, 1.54) is 5.56 Å². The molecule has 1 unspecified atom stereocenters. The largest absolute Gasteiger partial charge is 0.376 e. The van der Waals surface area contributed by atoms with E-state index in [1.807, 2.05) is 36.4 Å². The molecule has 33 heavy (non-hydrogen) atoms. The fourth-order valence-electron chi connectivity index (χ4n) is 3.87. The van der Waals surface area contributed by atoms with Crippen LogP contribution in [0.25, 0.3) is 0 Å². The van der Waals surface area contributed by atoms with Gasteiger partial charge in [-0.15, -0.1) is 10.2 Å². The van der Waals surface area contributed by atoms with Gasteiger partial charge in [0.15, 0.2) is 5.16 Å². The molecule has 0 radical (unpaired) electrons. The SMILES string of the molecule is O=C(CCc1nnc(SCc2cccc(Cl)c2)n1CC1CCCO1)NCCc1ccccc1. The minimum absolute atomic E-state index is 0.0331. The Morgan fingerprint density at radius 2 is 1.97 bits per heavy atom. The van der Waals surface area contributed by atoms with Crippen LogP contribution in [0.1, 0.15) is 36.2 Å². The molecule has 0 saturated carbocycles. The minimum Gasteiger partial charge on any atom is -0.376 e. The molecule has 1 saturated heterocycles. The van der Waals surface area contributed by atoms with E-state index in [1.54, 1.807) is 11.8 Å². The van der Waals surface area contributed by atoms with Gasteiger partial charge in [-0.25, -0.2) is 0 Å². The van der Waals surface area contributed by atoms with E-state index in [-0.39, 0.29) is 12.0 Å². The number of hydrogen-bond acceptors (Lipinski definition) is 5. The molecule has 8 heteroatoms. The Balaban J connectivity index is 1.34. The Morgan fingerprint density at radius 1 is 1.12 bits per heavy atom. The Labute approximate surface area is 204 Å². The lowest BCUT2D eigenvalue weighted by Gasteiger charge is -2.15. The fourth-order valence-corrected chi connectivity index (χ4v) is 4.99. The molecule has 1 aliphatic heterocycles. The van der Waals surface area contributed by atoms with Crippen molar-refractivity contribution in [3.05, 3.63) is 76.6 Å². The highest BCUT2D eigenvalue weighted by Crippen LogP contribution is 2.25. The van der Waals surface area contributed by atoms with Crippen molar-refractivity contribution < 1.29 is 9.53 Å². The number of nitrogens with zero attached hydrogens (tertiary/aromatic N) is 3. The third-order valence-corrected chi connectivity index (χ3v) is 6.89.